The molecule has 0 saturated carbocycles. The van der Waals surface area contributed by atoms with Gasteiger partial charge in [-0.25, -0.2) is 4.98 Å². The molecule has 0 radical (unpaired) electrons. The number of pyridine rings is 1. The Hall–Kier alpha value is -3.04. The minimum absolute atomic E-state index is 0.0120. The standard InChI is InChI=1S/C25H24N2O/c1-19-12-13-23(26-24(19)25(28)22-10-6-3-7-11-22)21-14-16-27(17-15-21)18-20-8-4-2-5-9-20/h2-14H,15-18H2,1H3. The van der Waals surface area contributed by atoms with Crippen molar-refractivity contribution in [1.29, 1.82) is 0 Å². The highest BCUT2D eigenvalue weighted by Gasteiger charge is 2.18. The van der Waals surface area contributed by atoms with E-state index in [9.17, 15) is 4.79 Å². The Morgan fingerprint density at radius 2 is 1.68 bits per heavy atom. The zero-order chi connectivity index (χ0) is 19.3. The number of ketones is 1. The molecule has 3 nitrogen and oxygen atoms in total. The van der Waals surface area contributed by atoms with Crippen LogP contribution in [0.2, 0.25) is 0 Å². The Kier molecular flexibility index (Phi) is 5.45. The maximum Gasteiger partial charge on any atom is 0.211 e. The number of hydrogen-bond donors (Lipinski definition) is 0. The van der Waals surface area contributed by atoms with Crippen molar-refractivity contribution in [2.75, 3.05) is 13.1 Å². The molecule has 0 amide bonds. The van der Waals surface area contributed by atoms with Crippen LogP contribution in [0.3, 0.4) is 0 Å². The van der Waals surface area contributed by atoms with Crippen LogP contribution in [0.15, 0.2) is 78.9 Å². The summed E-state index contributed by atoms with van der Waals surface area (Å²) in [5.41, 5.74) is 5.64. The van der Waals surface area contributed by atoms with Gasteiger partial charge < -0.3 is 0 Å². The molecule has 1 aliphatic rings. The molecule has 0 atom stereocenters. The first-order valence-electron chi connectivity index (χ1n) is 9.74. The Balaban J connectivity index is 1.51. The van der Waals surface area contributed by atoms with Crippen molar-refractivity contribution in [3.63, 3.8) is 0 Å². The van der Waals surface area contributed by atoms with Crippen molar-refractivity contribution in [3.8, 4) is 0 Å². The first-order chi connectivity index (χ1) is 13.7. The fraction of sp³-hybridized carbons (Fsp3) is 0.200. The third-order valence-corrected chi connectivity index (χ3v) is 5.22. The van der Waals surface area contributed by atoms with E-state index in [1.54, 1.807) is 0 Å². The predicted molar refractivity (Wildman–Crippen MR) is 113 cm³/mol. The van der Waals surface area contributed by atoms with Crippen LogP contribution in [0.25, 0.3) is 5.57 Å². The van der Waals surface area contributed by atoms with E-state index in [4.69, 9.17) is 4.98 Å². The minimum Gasteiger partial charge on any atom is -0.295 e. The molecule has 0 aliphatic carbocycles. The molecule has 4 rings (SSSR count). The summed E-state index contributed by atoms with van der Waals surface area (Å²) in [5, 5.41) is 0. The van der Waals surface area contributed by atoms with Crippen LogP contribution in [0, 0.1) is 6.92 Å². The van der Waals surface area contributed by atoms with E-state index < -0.39 is 0 Å². The van der Waals surface area contributed by atoms with Gasteiger partial charge in [-0.15, -0.1) is 0 Å². The molecule has 2 aromatic carbocycles. The van der Waals surface area contributed by atoms with Crippen molar-refractivity contribution >= 4 is 11.4 Å². The second-order valence-corrected chi connectivity index (χ2v) is 7.26. The predicted octanol–water partition coefficient (Wildman–Crippen LogP) is 4.91. The van der Waals surface area contributed by atoms with Crippen molar-refractivity contribution < 1.29 is 4.79 Å². The molecule has 1 aromatic heterocycles. The SMILES string of the molecule is Cc1ccc(C2=CCN(Cc3ccccc3)CC2)nc1C(=O)c1ccccc1. The second kappa shape index (κ2) is 8.32. The van der Waals surface area contributed by atoms with Gasteiger partial charge in [-0.2, -0.15) is 0 Å². The average molecular weight is 368 g/mol. The quantitative estimate of drug-likeness (QED) is 0.600. The number of carbonyl (C=O) groups excluding carboxylic acids is 1. The van der Waals surface area contributed by atoms with Crippen molar-refractivity contribution in [2.24, 2.45) is 0 Å². The summed E-state index contributed by atoms with van der Waals surface area (Å²) in [5.74, 6) is -0.0120. The van der Waals surface area contributed by atoms with E-state index in [1.807, 2.05) is 49.4 Å². The number of benzene rings is 2. The van der Waals surface area contributed by atoms with Gasteiger partial charge in [0.15, 0.2) is 0 Å². The molecule has 3 aromatic rings. The summed E-state index contributed by atoms with van der Waals surface area (Å²) in [6, 6.07) is 24.0. The molecular formula is C25H24N2O. The molecule has 0 saturated heterocycles. The summed E-state index contributed by atoms with van der Waals surface area (Å²) >= 11 is 0. The molecular weight excluding hydrogens is 344 g/mol. The normalized spacial score (nSPS) is 14.5. The fourth-order valence-corrected chi connectivity index (χ4v) is 3.59. The number of aromatic nitrogens is 1. The molecule has 28 heavy (non-hydrogen) atoms. The van der Waals surface area contributed by atoms with E-state index in [1.165, 1.54) is 11.1 Å². The van der Waals surface area contributed by atoms with E-state index in [-0.39, 0.29) is 5.78 Å². The molecule has 2 heterocycles. The van der Waals surface area contributed by atoms with Gasteiger partial charge in [0.1, 0.15) is 5.69 Å². The van der Waals surface area contributed by atoms with E-state index in [0.29, 0.717) is 11.3 Å². The monoisotopic (exact) mass is 368 g/mol. The lowest BCUT2D eigenvalue weighted by molar-refractivity contribution is 0.103. The van der Waals surface area contributed by atoms with E-state index >= 15 is 0 Å². The number of hydrogen-bond acceptors (Lipinski definition) is 3. The fourth-order valence-electron chi connectivity index (χ4n) is 3.59. The summed E-state index contributed by atoms with van der Waals surface area (Å²) in [6.45, 7) is 4.81. The molecule has 140 valence electrons. The van der Waals surface area contributed by atoms with Gasteiger partial charge in [0.2, 0.25) is 5.78 Å². The molecule has 0 spiro atoms. The van der Waals surface area contributed by atoms with Crippen molar-refractivity contribution in [1.82, 2.24) is 9.88 Å². The molecule has 1 aliphatic heterocycles. The Morgan fingerprint density at radius 1 is 0.964 bits per heavy atom. The molecule has 0 unspecified atom stereocenters. The van der Waals surface area contributed by atoms with Gasteiger partial charge >= 0.3 is 0 Å². The average Bonchev–Trinajstić information content (AvgIpc) is 2.76. The summed E-state index contributed by atoms with van der Waals surface area (Å²) < 4.78 is 0. The van der Waals surface area contributed by atoms with Crippen LogP contribution >= 0.6 is 0 Å². The lowest BCUT2D eigenvalue weighted by Gasteiger charge is -2.26. The maximum absolute atomic E-state index is 12.9. The highest BCUT2D eigenvalue weighted by atomic mass is 16.1. The first kappa shape index (κ1) is 18.3. The summed E-state index contributed by atoms with van der Waals surface area (Å²) in [6.07, 6.45) is 3.20. The third-order valence-electron chi connectivity index (χ3n) is 5.22. The van der Waals surface area contributed by atoms with Crippen LogP contribution in [-0.4, -0.2) is 28.8 Å². The lowest BCUT2D eigenvalue weighted by atomic mass is 10.00. The molecule has 0 bridgehead atoms. The first-order valence-corrected chi connectivity index (χ1v) is 9.74. The molecule has 0 fully saturated rings. The van der Waals surface area contributed by atoms with Crippen LogP contribution in [0.4, 0.5) is 0 Å². The second-order valence-electron chi connectivity index (χ2n) is 7.26. The number of rotatable bonds is 5. The maximum atomic E-state index is 12.9. The zero-order valence-electron chi connectivity index (χ0n) is 16.1. The number of nitrogens with zero attached hydrogens (tertiary/aromatic N) is 2. The molecule has 3 heteroatoms. The highest BCUT2D eigenvalue weighted by molar-refractivity contribution is 6.08. The zero-order valence-corrected chi connectivity index (χ0v) is 16.1. The largest absolute Gasteiger partial charge is 0.295 e. The van der Waals surface area contributed by atoms with Gasteiger partial charge in [0.25, 0.3) is 0 Å². The van der Waals surface area contributed by atoms with Crippen molar-refractivity contribution in [3.05, 3.63) is 107 Å². The van der Waals surface area contributed by atoms with E-state index in [0.717, 1.165) is 37.3 Å². The third kappa shape index (κ3) is 4.10. The van der Waals surface area contributed by atoms with E-state index in [2.05, 4.69) is 41.3 Å². The number of carbonyl (C=O) groups is 1. The lowest BCUT2D eigenvalue weighted by Crippen LogP contribution is -2.28. The Morgan fingerprint density at radius 3 is 2.36 bits per heavy atom. The topological polar surface area (TPSA) is 33.2 Å². The highest BCUT2D eigenvalue weighted by Crippen LogP contribution is 2.24. The van der Waals surface area contributed by atoms with Gasteiger partial charge in [-0.1, -0.05) is 72.8 Å². The Bertz CT molecular complexity index is 994. The minimum atomic E-state index is -0.0120. The summed E-state index contributed by atoms with van der Waals surface area (Å²) in [7, 11) is 0. The summed E-state index contributed by atoms with van der Waals surface area (Å²) in [4.78, 5) is 20.0. The van der Waals surface area contributed by atoms with Crippen LogP contribution in [0.1, 0.15) is 39.3 Å². The molecule has 0 N–H and O–H groups in total. The number of aryl methyl sites for hydroxylation is 1. The van der Waals surface area contributed by atoms with Gasteiger partial charge in [0, 0.05) is 25.2 Å². The van der Waals surface area contributed by atoms with Gasteiger partial charge in [-0.3, -0.25) is 9.69 Å². The smallest absolute Gasteiger partial charge is 0.211 e. The van der Waals surface area contributed by atoms with Gasteiger partial charge in [0.05, 0.1) is 5.69 Å². The van der Waals surface area contributed by atoms with Crippen LogP contribution in [0.5, 0.6) is 0 Å². The van der Waals surface area contributed by atoms with Gasteiger partial charge in [-0.05, 0) is 36.1 Å². The van der Waals surface area contributed by atoms with Crippen LogP contribution < -0.4 is 0 Å². The van der Waals surface area contributed by atoms with Crippen molar-refractivity contribution in [2.45, 2.75) is 19.9 Å². The Labute approximate surface area is 166 Å². The van der Waals surface area contributed by atoms with Crippen LogP contribution in [-0.2, 0) is 6.54 Å².